The summed E-state index contributed by atoms with van der Waals surface area (Å²) in [5, 5.41) is 3.58. The Kier molecular flexibility index (Phi) is 3.93. The molecular weight excluding hydrogens is 318 g/mol. The molecule has 2 aromatic rings. The Hall–Kier alpha value is -1.46. The maximum absolute atomic E-state index is 6.05. The molecule has 1 heterocycles. The lowest BCUT2D eigenvalue weighted by Gasteiger charge is -2.11. The number of hydrogen-bond donors (Lipinski definition) is 2. The van der Waals surface area contributed by atoms with Gasteiger partial charge in [-0.05, 0) is 34.1 Å². The molecule has 0 saturated carbocycles. The molecule has 0 amide bonds. The number of nitrogens with two attached hydrogens (primary N) is 1. The van der Waals surface area contributed by atoms with Crippen molar-refractivity contribution in [3.63, 3.8) is 0 Å². The van der Waals surface area contributed by atoms with Crippen molar-refractivity contribution >= 4 is 44.7 Å². The number of methoxy groups -OCH3 is 1. The van der Waals surface area contributed by atoms with E-state index in [1.807, 2.05) is 18.2 Å². The summed E-state index contributed by atoms with van der Waals surface area (Å²) in [6.45, 7) is 0. The summed E-state index contributed by atoms with van der Waals surface area (Å²) in [7, 11) is 1.61. The van der Waals surface area contributed by atoms with Gasteiger partial charge in [-0.1, -0.05) is 11.6 Å². The van der Waals surface area contributed by atoms with Crippen LogP contribution in [0, 0.1) is 0 Å². The zero-order valence-electron chi connectivity index (χ0n) is 9.58. The Balaban J connectivity index is 2.33. The highest BCUT2D eigenvalue weighted by molar-refractivity contribution is 9.10. The zero-order chi connectivity index (χ0) is 13.1. The van der Waals surface area contributed by atoms with Crippen molar-refractivity contribution in [3.8, 4) is 5.75 Å². The van der Waals surface area contributed by atoms with Crippen LogP contribution in [-0.2, 0) is 0 Å². The van der Waals surface area contributed by atoms with E-state index >= 15 is 0 Å². The molecule has 0 fully saturated rings. The Labute approximate surface area is 118 Å². The number of benzene rings is 1. The predicted octanol–water partition coefficient (Wildman–Crippen LogP) is 3.83. The number of pyridine rings is 1. The molecule has 0 aliphatic carbocycles. The van der Waals surface area contributed by atoms with Crippen LogP contribution in [0.5, 0.6) is 5.75 Å². The maximum Gasteiger partial charge on any atom is 0.149 e. The Morgan fingerprint density at radius 3 is 2.83 bits per heavy atom. The maximum atomic E-state index is 6.05. The first-order chi connectivity index (χ1) is 8.60. The first-order valence-electron chi connectivity index (χ1n) is 5.11. The molecule has 0 radical (unpaired) electrons. The van der Waals surface area contributed by atoms with E-state index in [2.05, 4.69) is 26.2 Å². The van der Waals surface area contributed by atoms with Gasteiger partial charge in [0.25, 0.3) is 0 Å². The number of rotatable bonds is 3. The quantitative estimate of drug-likeness (QED) is 0.899. The lowest BCUT2D eigenvalue weighted by atomic mass is 10.3. The summed E-state index contributed by atoms with van der Waals surface area (Å²) in [6, 6.07) is 7.23. The third kappa shape index (κ3) is 2.86. The van der Waals surface area contributed by atoms with Crippen molar-refractivity contribution in [2.24, 2.45) is 0 Å². The van der Waals surface area contributed by atoms with Gasteiger partial charge in [0.05, 0.1) is 29.7 Å². The number of nitrogens with zero attached hydrogens (tertiary/aromatic N) is 1. The van der Waals surface area contributed by atoms with Gasteiger partial charge in [-0.15, -0.1) is 0 Å². The Morgan fingerprint density at radius 2 is 2.17 bits per heavy atom. The van der Waals surface area contributed by atoms with E-state index in [1.165, 1.54) is 0 Å². The molecule has 0 aliphatic rings. The minimum Gasteiger partial charge on any atom is -0.497 e. The van der Waals surface area contributed by atoms with Crippen LogP contribution in [0.3, 0.4) is 0 Å². The standard InChI is InChI=1S/C12H11BrClN3O/c1-18-8-2-3-9(13)11(5-8)17-12-10(14)4-7(15)6-16-12/h2-6H,15H2,1H3,(H,16,17). The van der Waals surface area contributed by atoms with Crippen LogP contribution in [0.4, 0.5) is 17.2 Å². The van der Waals surface area contributed by atoms with Gasteiger partial charge < -0.3 is 15.8 Å². The van der Waals surface area contributed by atoms with E-state index in [0.29, 0.717) is 16.5 Å². The normalized spacial score (nSPS) is 10.2. The minimum atomic E-state index is 0.463. The zero-order valence-corrected chi connectivity index (χ0v) is 11.9. The van der Waals surface area contributed by atoms with E-state index in [4.69, 9.17) is 22.1 Å². The summed E-state index contributed by atoms with van der Waals surface area (Å²) in [6.07, 6.45) is 1.54. The van der Waals surface area contributed by atoms with Crippen molar-refractivity contribution in [3.05, 3.63) is 40.0 Å². The minimum absolute atomic E-state index is 0.463. The largest absolute Gasteiger partial charge is 0.497 e. The molecule has 2 rings (SSSR count). The first kappa shape index (κ1) is 13.0. The molecule has 0 atom stereocenters. The van der Waals surface area contributed by atoms with Crippen LogP contribution in [0.1, 0.15) is 0 Å². The monoisotopic (exact) mass is 327 g/mol. The molecule has 0 saturated heterocycles. The second kappa shape index (κ2) is 5.46. The fourth-order valence-electron chi connectivity index (χ4n) is 1.40. The second-order valence-corrected chi connectivity index (χ2v) is 4.83. The highest BCUT2D eigenvalue weighted by Gasteiger charge is 2.07. The molecule has 4 nitrogen and oxygen atoms in total. The number of aromatic nitrogens is 1. The van der Waals surface area contributed by atoms with Crippen LogP contribution in [0.15, 0.2) is 34.9 Å². The van der Waals surface area contributed by atoms with Crippen molar-refractivity contribution in [2.45, 2.75) is 0 Å². The number of hydrogen-bond acceptors (Lipinski definition) is 4. The van der Waals surface area contributed by atoms with Gasteiger partial charge in [0, 0.05) is 10.5 Å². The van der Waals surface area contributed by atoms with Crippen LogP contribution < -0.4 is 15.8 Å². The van der Waals surface area contributed by atoms with Gasteiger partial charge in [-0.2, -0.15) is 0 Å². The third-order valence-electron chi connectivity index (χ3n) is 2.29. The van der Waals surface area contributed by atoms with Crippen LogP contribution in [0.2, 0.25) is 5.02 Å². The van der Waals surface area contributed by atoms with Crippen LogP contribution >= 0.6 is 27.5 Å². The Morgan fingerprint density at radius 1 is 1.39 bits per heavy atom. The highest BCUT2D eigenvalue weighted by atomic mass is 79.9. The number of halogens is 2. The number of nitrogens with one attached hydrogen (secondary N) is 1. The van der Waals surface area contributed by atoms with Gasteiger partial charge in [0.1, 0.15) is 11.6 Å². The van der Waals surface area contributed by atoms with E-state index in [0.717, 1.165) is 15.9 Å². The average Bonchev–Trinajstić information content (AvgIpc) is 2.35. The lowest BCUT2D eigenvalue weighted by Crippen LogP contribution is -1.97. The molecule has 3 N–H and O–H groups in total. The van der Waals surface area contributed by atoms with Gasteiger partial charge in [0.2, 0.25) is 0 Å². The highest BCUT2D eigenvalue weighted by Crippen LogP contribution is 2.31. The summed E-state index contributed by atoms with van der Waals surface area (Å²) in [5.74, 6) is 1.28. The van der Waals surface area contributed by atoms with E-state index in [1.54, 1.807) is 19.4 Å². The third-order valence-corrected chi connectivity index (χ3v) is 3.27. The van der Waals surface area contributed by atoms with Gasteiger partial charge >= 0.3 is 0 Å². The van der Waals surface area contributed by atoms with E-state index < -0.39 is 0 Å². The molecule has 6 heteroatoms. The van der Waals surface area contributed by atoms with Crippen molar-refractivity contribution in [1.29, 1.82) is 0 Å². The average molecular weight is 329 g/mol. The topological polar surface area (TPSA) is 60.2 Å². The molecular formula is C12H11BrClN3O. The summed E-state index contributed by atoms with van der Waals surface area (Å²) in [4.78, 5) is 4.14. The molecule has 1 aromatic carbocycles. The van der Waals surface area contributed by atoms with Gasteiger partial charge in [0.15, 0.2) is 0 Å². The van der Waals surface area contributed by atoms with Crippen molar-refractivity contribution < 1.29 is 4.74 Å². The fraction of sp³-hybridized carbons (Fsp3) is 0.0833. The number of anilines is 3. The summed E-state index contributed by atoms with van der Waals surface area (Å²) < 4.78 is 6.05. The molecule has 0 aliphatic heterocycles. The molecule has 18 heavy (non-hydrogen) atoms. The summed E-state index contributed by atoms with van der Waals surface area (Å²) in [5.41, 5.74) is 6.93. The predicted molar refractivity (Wildman–Crippen MR) is 77.6 cm³/mol. The van der Waals surface area contributed by atoms with Crippen molar-refractivity contribution in [1.82, 2.24) is 4.98 Å². The van der Waals surface area contributed by atoms with Crippen molar-refractivity contribution in [2.75, 3.05) is 18.2 Å². The molecule has 0 bridgehead atoms. The Bertz CT molecular complexity index is 577. The number of ether oxygens (including phenoxy) is 1. The SMILES string of the molecule is COc1ccc(Br)c(Nc2ncc(N)cc2Cl)c1. The fourth-order valence-corrected chi connectivity index (χ4v) is 1.97. The van der Waals surface area contributed by atoms with E-state index in [-0.39, 0.29) is 0 Å². The van der Waals surface area contributed by atoms with Crippen LogP contribution in [-0.4, -0.2) is 12.1 Å². The second-order valence-electron chi connectivity index (χ2n) is 3.57. The molecule has 0 spiro atoms. The smallest absolute Gasteiger partial charge is 0.149 e. The van der Waals surface area contributed by atoms with Gasteiger partial charge in [-0.3, -0.25) is 0 Å². The van der Waals surface area contributed by atoms with Gasteiger partial charge in [-0.25, -0.2) is 4.98 Å². The van der Waals surface area contributed by atoms with Crippen LogP contribution in [0.25, 0.3) is 0 Å². The first-order valence-corrected chi connectivity index (χ1v) is 6.29. The molecule has 94 valence electrons. The molecule has 1 aromatic heterocycles. The number of nitrogen functional groups attached to an aromatic ring is 1. The lowest BCUT2D eigenvalue weighted by molar-refractivity contribution is 0.415. The van der Waals surface area contributed by atoms with E-state index in [9.17, 15) is 0 Å². The molecule has 0 unspecified atom stereocenters. The summed E-state index contributed by atoms with van der Waals surface area (Å²) >= 11 is 9.50.